The van der Waals surface area contributed by atoms with Gasteiger partial charge in [-0.15, -0.1) is 0 Å². The van der Waals surface area contributed by atoms with Crippen molar-refractivity contribution in [1.29, 1.82) is 0 Å². The molecule has 1 aliphatic carbocycles. The largest absolute Gasteiger partial charge is 0.469 e. The van der Waals surface area contributed by atoms with E-state index in [-0.39, 0.29) is 6.04 Å². The van der Waals surface area contributed by atoms with Gasteiger partial charge in [-0.05, 0) is 37.0 Å². The number of thiocarbonyl (C=S) groups is 1. The first-order valence-electron chi connectivity index (χ1n) is 5.97. The quantitative estimate of drug-likeness (QED) is 0.780. The summed E-state index contributed by atoms with van der Waals surface area (Å²) in [5.74, 6) is 0. The zero-order valence-electron chi connectivity index (χ0n) is 9.76. The van der Waals surface area contributed by atoms with Crippen LogP contribution in [0, 0.1) is 0 Å². The number of rotatable bonds is 5. The van der Waals surface area contributed by atoms with Crippen molar-refractivity contribution >= 4 is 17.4 Å². The molecule has 1 aromatic rings. The first-order valence-corrected chi connectivity index (χ1v) is 6.37. The third-order valence-corrected chi connectivity index (χ3v) is 2.90. The number of hydrogen-bond acceptors (Lipinski definition) is 3. The molecule has 1 aromatic carbocycles. The van der Waals surface area contributed by atoms with Gasteiger partial charge in [0, 0.05) is 12.1 Å². The number of nitrogens with two attached hydrogens (primary N) is 1. The summed E-state index contributed by atoms with van der Waals surface area (Å²) in [6, 6.07) is 10.7. The molecular weight excluding hydrogens is 232 g/mol. The molecule has 3 N–H and O–H groups in total. The Kier molecular flexibility index (Phi) is 4.34. The Labute approximate surface area is 107 Å². The minimum Gasteiger partial charge on any atom is -0.469 e. The topological polar surface area (TPSA) is 47.3 Å². The van der Waals surface area contributed by atoms with E-state index in [1.54, 1.807) is 0 Å². The first-order chi connectivity index (χ1) is 8.24. The third-order valence-electron chi connectivity index (χ3n) is 2.67. The molecule has 2 rings (SSSR count). The smallest absolute Gasteiger partial charge is 0.256 e. The summed E-state index contributed by atoms with van der Waals surface area (Å²) in [5, 5.41) is 3.61. The SMILES string of the molecule is N[C@@H](COC(=S)NC1CC1)Cc1ccccc1. The van der Waals surface area contributed by atoms with Gasteiger partial charge in [0.15, 0.2) is 0 Å². The molecule has 17 heavy (non-hydrogen) atoms. The van der Waals surface area contributed by atoms with Crippen LogP contribution in [0.15, 0.2) is 30.3 Å². The van der Waals surface area contributed by atoms with Crippen LogP contribution in [0.1, 0.15) is 18.4 Å². The Morgan fingerprint density at radius 3 is 2.76 bits per heavy atom. The lowest BCUT2D eigenvalue weighted by Crippen LogP contribution is -2.34. The molecule has 0 spiro atoms. The molecule has 1 saturated carbocycles. The van der Waals surface area contributed by atoms with Gasteiger partial charge in [-0.25, -0.2) is 0 Å². The highest BCUT2D eigenvalue weighted by molar-refractivity contribution is 7.80. The minimum atomic E-state index is -0.0173. The van der Waals surface area contributed by atoms with Gasteiger partial charge in [0.05, 0.1) is 0 Å². The lowest BCUT2D eigenvalue weighted by molar-refractivity contribution is 0.270. The van der Waals surface area contributed by atoms with Crippen LogP contribution < -0.4 is 11.1 Å². The molecule has 0 bridgehead atoms. The van der Waals surface area contributed by atoms with Crippen LogP contribution in [-0.4, -0.2) is 23.9 Å². The number of benzene rings is 1. The maximum absolute atomic E-state index is 5.99. The van der Waals surface area contributed by atoms with E-state index in [0.717, 1.165) is 6.42 Å². The Balaban J connectivity index is 1.66. The van der Waals surface area contributed by atoms with Crippen LogP contribution in [0.5, 0.6) is 0 Å². The van der Waals surface area contributed by atoms with E-state index in [0.29, 0.717) is 17.8 Å². The normalized spacial score (nSPS) is 16.3. The summed E-state index contributed by atoms with van der Waals surface area (Å²) in [5.41, 5.74) is 7.21. The molecule has 0 heterocycles. The van der Waals surface area contributed by atoms with Gasteiger partial charge >= 0.3 is 0 Å². The number of ether oxygens (including phenoxy) is 1. The fraction of sp³-hybridized carbons (Fsp3) is 0.462. The molecule has 3 nitrogen and oxygen atoms in total. The molecule has 1 aliphatic rings. The molecule has 0 saturated heterocycles. The van der Waals surface area contributed by atoms with E-state index in [1.165, 1.54) is 18.4 Å². The minimum absolute atomic E-state index is 0.0173. The molecule has 1 fully saturated rings. The van der Waals surface area contributed by atoms with E-state index in [9.17, 15) is 0 Å². The van der Waals surface area contributed by atoms with Crippen molar-refractivity contribution in [3.05, 3.63) is 35.9 Å². The Morgan fingerprint density at radius 2 is 2.12 bits per heavy atom. The molecule has 0 aliphatic heterocycles. The van der Waals surface area contributed by atoms with Gasteiger partial charge in [-0.1, -0.05) is 30.3 Å². The molecule has 92 valence electrons. The van der Waals surface area contributed by atoms with Gasteiger partial charge in [0.2, 0.25) is 0 Å². The molecule has 1 atom stereocenters. The van der Waals surface area contributed by atoms with Crippen molar-refractivity contribution in [3.63, 3.8) is 0 Å². The van der Waals surface area contributed by atoms with Crippen LogP contribution in [0.4, 0.5) is 0 Å². The van der Waals surface area contributed by atoms with E-state index in [2.05, 4.69) is 17.4 Å². The standard InChI is InChI=1S/C13H18N2OS/c14-11(8-10-4-2-1-3-5-10)9-16-13(17)15-12-6-7-12/h1-5,11-12H,6-9,14H2,(H,15,17)/t11-/m1/s1. The second-order valence-corrected chi connectivity index (χ2v) is 4.84. The average molecular weight is 250 g/mol. The average Bonchev–Trinajstić information content (AvgIpc) is 3.12. The molecule has 4 heteroatoms. The van der Waals surface area contributed by atoms with Gasteiger partial charge in [-0.2, -0.15) is 0 Å². The van der Waals surface area contributed by atoms with Crippen LogP contribution in [0.2, 0.25) is 0 Å². The highest BCUT2D eigenvalue weighted by atomic mass is 32.1. The highest BCUT2D eigenvalue weighted by Gasteiger charge is 2.22. The van der Waals surface area contributed by atoms with Crippen LogP contribution in [-0.2, 0) is 11.2 Å². The van der Waals surface area contributed by atoms with Gasteiger partial charge in [0.1, 0.15) is 6.61 Å². The van der Waals surface area contributed by atoms with Gasteiger partial charge < -0.3 is 15.8 Å². The van der Waals surface area contributed by atoms with E-state index in [1.807, 2.05) is 18.2 Å². The highest BCUT2D eigenvalue weighted by Crippen LogP contribution is 2.18. The van der Waals surface area contributed by atoms with Crippen LogP contribution in [0.3, 0.4) is 0 Å². The van der Waals surface area contributed by atoms with Crippen molar-refractivity contribution in [2.45, 2.75) is 31.3 Å². The third kappa shape index (κ3) is 4.71. The van der Waals surface area contributed by atoms with Crippen LogP contribution >= 0.6 is 12.2 Å². The lowest BCUT2D eigenvalue weighted by Gasteiger charge is -2.14. The van der Waals surface area contributed by atoms with E-state index in [4.69, 9.17) is 22.7 Å². The van der Waals surface area contributed by atoms with E-state index >= 15 is 0 Å². The molecule has 0 unspecified atom stereocenters. The maximum Gasteiger partial charge on any atom is 0.256 e. The molecule has 0 amide bonds. The van der Waals surface area contributed by atoms with Crippen LogP contribution in [0.25, 0.3) is 0 Å². The Hall–Kier alpha value is -1.13. The predicted octanol–water partition coefficient (Wildman–Crippen LogP) is 1.61. The predicted molar refractivity (Wildman–Crippen MR) is 72.8 cm³/mol. The summed E-state index contributed by atoms with van der Waals surface area (Å²) in [7, 11) is 0. The monoisotopic (exact) mass is 250 g/mol. The van der Waals surface area contributed by atoms with Crippen molar-refractivity contribution in [2.24, 2.45) is 5.73 Å². The summed E-state index contributed by atoms with van der Waals surface area (Å²) in [6.07, 6.45) is 3.20. The van der Waals surface area contributed by atoms with E-state index < -0.39 is 0 Å². The summed E-state index contributed by atoms with van der Waals surface area (Å²) in [4.78, 5) is 0. The summed E-state index contributed by atoms with van der Waals surface area (Å²) >= 11 is 5.06. The zero-order valence-corrected chi connectivity index (χ0v) is 10.6. The molecule has 0 radical (unpaired) electrons. The van der Waals surface area contributed by atoms with Crippen molar-refractivity contribution < 1.29 is 4.74 Å². The van der Waals surface area contributed by atoms with Gasteiger partial charge in [-0.3, -0.25) is 0 Å². The Bertz CT molecular complexity index is 365. The van der Waals surface area contributed by atoms with Gasteiger partial charge in [0.25, 0.3) is 5.17 Å². The lowest BCUT2D eigenvalue weighted by atomic mass is 10.1. The second kappa shape index (κ2) is 5.98. The maximum atomic E-state index is 5.99. The summed E-state index contributed by atoms with van der Waals surface area (Å²) < 4.78 is 5.42. The first kappa shape index (κ1) is 12.3. The molecule has 0 aromatic heterocycles. The molecular formula is C13H18N2OS. The zero-order chi connectivity index (χ0) is 12.1. The second-order valence-electron chi connectivity index (χ2n) is 4.47. The fourth-order valence-electron chi connectivity index (χ4n) is 1.59. The number of nitrogens with one attached hydrogen (secondary N) is 1. The fourth-order valence-corrected chi connectivity index (χ4v) is 1.83. The Morgan fingerprint density at radius 1 is 1.41 bits per heavy atom. The number of hydrogen-bond donors (Lipinski definition) is 2. The van der Waals surface area contributed by atoms with Crippen molar-refractivity contribution in [2.75, 3.05) is 6.61 Å². The van der Waals surface area contributed by atoms with Crippen molar-refractivity contribution in [3.8, 4) is 0 Å². The van der Waals surface area contributed by atoms with Crippen molar-refractivity contribution in [1.82, 2.24) is 5.32 Å². The summed E-state index contributed by atoms with van der Waals surface area (Å²) in [6.45, 7) is 0.466.